The number of rotatable bonds is 1. The van der Waals surface area contributed by atoms with Crippen molar-refractivity contribution in [2.75, 3.05) is 0 Å². The number of pyridine rings is 2. The molecule has 0 fully saturated rings. The zero-order valence-corrected chi connectivity index (χ0v) is 19.0. The van der Waals surface area contributed by atoms with Gasteiger partial charge in [-0.25, -0.2) is 0 Å². The number of hydrogen-bond acceptors (Lipinski definition) is 2. The van der Waals surface area contributed by atoms with Crippen molar-refractivity contribution in [3.8, 4) is 11.1 Å². The Bertz CT molecular complexity index is 1560. The molecule has 0 saturated heterocycles. The number of nitrogens with zero attached hydrogens (tertiary/aromatic N) is 3. The molecule has 3 aromatic carbocycles. The van der Waals surface area contributed by atoms with Gasteiger partial charge in [0.1, 0.15) is 0 Å². The first-order valence-corrected chi connectivity index (χ1v) is 9.79. The van der Waals surface area contributed by atoms with Crippen LogP contribution in [0.25, 0.3) is 49.6 Å². The van der Waals surface area contributed by atoms with E-state index in [4.69, 9.17) is 9.97 Å². The van der Waals surface area contributed by atoms with Crippen LogP contribution in [0.4, 0.5) is 0 Å². The van der Waals surface area contributed by atoms with E-state index in [1.165, 1.54) is 22.3 Å². The molecule has 3 nitrogen and oxygen atoms in total. The van der Waals surface area contributed by atoms with Crippen molar-refractivity contribution in [2.24, 2.45) is 0 Å². The van der Waals surface area contributed by atoms with E-state index in [1.807, 2.05) is 18.3 Å². The summed E-state index contributed by atoms with van der Waals surface area (Å²) in [6.45, 7) is 4.35. The van der Waals surface area contributed by atoms with E-state index in [2.05, 4.69) is 78.9 Å². The molecule has 3 aromatic heterocycles. The van der Waals surface area contributed by atoms with Crippen LogP contribution in [0.15, 0.2) is 72.9 Å². The van der Waals surface area contributed by atoms with Gasteiger partial charge in [0, 0.05) is 25.6 Å². The molecule has 0 N–H and O–H groups in total. The molecule has 4 heteroatoms. The summed E-state index contributed by atoms with van der Waals surface area (Å²) >= 11 is 0. The summed E-state index contributed by atoms with van der Waals surface area (Å²) in [4.78, 5) is 9.71. The molecule has 0 bridgehead atoms. The second-order valence-electron chi connectivity index (χ2n) is 7.54. The van der Waals surface area contributed by atoms with Crippen LogP contribution in [0, 0.1) is 19.9 Å². The molecule has 0 amide bonds. The van der Waals surface area contributed by atoms with Gasteiger partial charge in [-0.3, -0.25) is 4.98 Å². The predicted molar refractivity (Wildman–Crippen MR) is 119 cm³/mol. The Morgan fingerprint density at radius 3 is 2.40 bits per heavy atom. The first-order chi connectivity index (χ1) is 14.2. The molecule has 0 aliphatic rings. The van der Waals surface area contributed by atoms with Crippen molar-refractivity contribution in [3.05, 3.63) is 90.1 Å². The Balaban J connectivity index is 0.00000193. The number of aromatic nitrogens is 3. The van der Waals surface area contributed by atoms with Crippen LogP contribution in [-0.4, -0.2) is 14.4 Å². The fourth-order valence-corrected chi connectivity index (χ4v) is 4.59. The first-order valence-electron chi connectivity index (χ1n) is 9.79. The normalized spacial score (nSPS) is 11.4. The fourth-order valence-electron chi connectivity index (χ4n) is 4.59. The summed E-state index contributed by atoms with van der Waals surface area (Å²) in [6, 6.07) is 26.5. The minimum Gasteiger partial charge on any atom is -0.351 e. The average Bonchev–Trinajstić information content (AvgIpc) is 3.14. The number of imidazole rings is 1. The van der Waals surface area contributed by atoms with Crippen molar-refractivity contribution < 1.29 is 20.1 Å². The smallest absolute Gasteiger partial charge is 0.0774 e. The van der Waals surface area contributed by atoms with Crippen LogP contribution in [0.3, 0.4) is 0 Å². The molecule has 0 aliphatic carbocycles. The number of hydrogen-bond donors (Lipinski definition) is 0. The maximum atomic E-state index is 4.92. The van der Waals surface area contributed by atoms with Gasteiger partial charge in [-0.1, -0.05) is 54.0 Å². The van der Waals surface area contributed by atoms with Crippen LogP contribution in [0.2, 0.25) is 0 Å². The largest absolute Gasteiger partial charge is 0.351 e. The molecule has 0 aliphatic heterocycles. The minimum atomic E-state index is 0. The Hall–Kier alpha value is -3.07. The van der Waals surface area contributed by atoms with E-state index in [1.54, 1.807) is 0 Å². The molecule has 0 spiro atoms. The van der Waals surface area contributed by atoms with Crippen molar-refractivity contribution >= 4 is 38.5 Å². The molecule has 3 heterocycles. The van der Waals surface area contributed by atoms with Crippen molar-refractivity contribution in [2.45, 2.75) is 13.8 Å². The summed E-state index contributed by atoms with van der Waals surface area (Å²) in [6.07, 6.45) is 1.82. The third-order valence-corrected chi connectivity index (χ3v) is 5.80. The molecule has 6 aromatic rings. The van der Waals surface area contributed by atoms with Gasteiger partial charge in [-0.2, -0.15) is 0 Å². The third kappa shape index (κ3) is 2.54. The second-order valence-corrected chi connectivity index (χ2v) is 7.54. The summed E-state index contributed by atoms with van der Waals surface area (Å²) in [5.41, 5.74) is 10.1. The average molecular weight is 565 g/mol. The molecule has 0 unspecified atom stereocenters. The van der Waals surface area contributed by atoms with Gasteiger partial charge in [0.2, 0.25) is 0 Å². The molecule has 1 radical (unpaired) electrons. The van der Waals surface area contributed by atoms with Gasteiger partial charge in [0.15, 0.2) is 0 Å². The molecule has 147 valence electrons. The van der Waals surface area contributed by atoms with E-state index < -0.39 is 0 Å². The van der Waals surface area contributed by atoms with Crippen LogP contribution < -0.4 is 0 Å². The van der Waals surface area contributed by atoms with Gasteiger partial charge in [0.05, 0.1) is 16.7 Å². The van der Waals surface area contributed by atoms with Gasteiger partial charge >= 0.3 is 0 Å². The fraction of sp³-hybridized carbons (Fsp3) is 0.0769. The van der Waals surface area contributed by atoms with Gasteiger partial charge in [-0.05, 0) is 65.2 Å². The maximum absolute atomic E-state index is 4.92. The molecule has 6 rings (SSSR count). The zero-order chi connectivity index (χ0) is 19.5. The molecule has 30 heavy (non-hydrogen) atoms. The number of aryl methyl sites for hydroxylation is 2. The predicted octanol–water partition coefficient (Wildman–Crippen LogP) is 6.27. The summed E-state index contributed by atoms with van der Waals surface area (Å²) < 4.78 is 2.25. The summed E-state index contributed by atoms with van der Waals surface area (Å²) in [7, 11) is 0. The molecular weight excluding hydrogens is 547 g/mol. The monoisotopic (exact) mass is 565 g/mol. The zero-order valence-electron chi connectivity index (χ0n) is 16.6. The quantitative estimate of drug-likeness (QED) is 0.174. The Morgan fingerprint density at radius 1 is 0.833 bits per heavy atom. The van der Waals surface area contributed by atoms with Crippen LogP contribution in [-0.2, 0) is 20.1 Å². The third-order valence-electron chi connectivity index (χ3n) is 5.80. The van der Waals surface area contributed by atoms with Crippen LogP contribution >= 0.6 is 0 Å². The molecule has 0 saturated carbocycles. The molecule has 0 atom stereocenters. The van der Waals surface area contributed by atoms with E-state index in [0.29, 0.717) is 0 Å². The second kappa shape index (κ2) is 7.01. The molecular formula is C26H18IrN3-. The van der Waals surface area contributed by atoms with Crippen LogP contribution in [0.1, 0.15) is 11.1 Å². The van der Waals surface area contributed by atoms with Gasteiger partial charge in [0.25, 0.3) is 0 Å². The number of fused-ring (bicyclic) bond motifs is 8. The van der Waals surface area contributed by atoms with E-state index in [9.17, 15) is 0 Å². The van der Waals surface area contributed by atoms with E-state index in [-0.39, 0.29) is 20.1 Å². The number of benzene rings is 3. The Labute approximate surface area is 187 Å². The minimum absolute atomic E-state index is 0. The van der Waals surface area contributed by atoms with Crippen molar-refractivity contribution in [1.82, 2.24) is 14.4 Å². The topological polar surface area (TPSA) is 30.2 Å². The van der Waals surface area contributed by atoms with Crippen LogP contribution in [0.5, 0.6) is 0 Å². The van der Waals surface area contributed by atoms with Crippen molar-refractivity contribution in [3.63, 3.8) is 0 Å². The Kier molecular flexibility index (Phi) is 4.43. The van der Waals surface area contributed by atoms with Crippen molar-refractivity contribution in [1.29, 1.82) is 0 Å². The summed E-state index contributed by atoms with van der Waals surface area (Å²) in [5, 5.41) is 2.10. The Morgan fingerprint density at radius 2 is 1.57 bits per heavy atom. The SMILES string of the molecule is Cc1cccc(C)c1-c1cccc2c1c1ncc[c-]c1c1nc3ccccc3n21.[Ir]. The van der Waals surface area contributed by atoms with E-state index >= 15 is 0 Å². The first kappa shape index (κ1) is 18.9. The van der Waals surface area contributed by atoms with Gasteiger partial charge in [-0.15, -0.1) is 12.1 Å². The standard InChI is InChI=1S/C26H18N3.Ir/c1-16-8-5-9-17(2)23(16)18-10-6-14-22-24(18)25-19(11-7-15-27-25)26-28-20-12-3-4-13-21(20)29(22)26;/h3-10,12-15H,1-2H3;/q-1;. The maximum Gasteiger partial charge on any atom is 0.0774 e. The number of para-hydroxylation sites is 2. The summed E-state index contributed by atoms with van der Waals surface area (Å²) in [5.74, 6) is 0. The van der Waals surface area contributed by atoms with E-state index in [0.717, 1.165) is 38.5 Å². The van der Waals surface area contributed by atoms with Gasteiger partial charge < -0.3 is 9.38 Å².